The van der Waals surface area contributed by atoms with Gasteiger partial charge in [0.05, 0.1) is 17.7 Å². The van der Waals surface area contributed by atoms with E-state index in [-0.39, 0.29) is 11.2 Å². The van der Waals surface area contributed by atoms with Gasteiger partial charge in [-0.1, -0.05) is 18.2 Å². The number of halogens is 1. The zero-order valence-electron chi connectivity index (χ0n) is 15.7. The maximum absolute atomic E-state index is 14.3. The van der Waals surface area contributed by atoms with Crippen LogP contribution in [0, 0.1) is 5.82 Å². The van der Waals surface area contributed by atoms with E-state index in [0.717, 1.165) is 28.5 Å². The maximum Gasteiger partial charge on any atom is 0.165 e. The summed E-state index contributed by atoms with van der Waals surface area (Å²) < 4.78 is 31.9. The highest BCUT2D eigenvalue weighted by molar-refractivity contribution is 5.70. The molecule has 0 unspecified atom stereocenters. The van der Waals surface area contributed by atoms with Gasteiger partial charge in [-0.3, -0.25) is 4.98 Å². The van der Waals surface area contributed by atoms with Crippen LogP contribution in [0.2, 0.25) is 0 Å². The molecule has 3 aliphatic rings. The molecule has 29 heavy (non-hydrogen) atoms. The lowest BCUT2D eigenvalue weighted by Crippen LogP contribution is -2.36. The van der Waals surface area contributed by atoms with Gasteiger partial charge in [-0.15, -0.1) is 0 Å². The molecule has 5 nitrogen and oxygen atoms in total. The Bertz CT molecular complexity index is 1120. The van der Waals surface area contributed by atoms with Crippen molar-refractivity contribution in [1.82, 2.24) is 4.98 Å². The highest BCUT2D eigenvalue weighted by atomic mass is 19.1. The number of hydrogen-bond acceptors (Lipinski definition) is 5. The van der Waals surface area contributed by atoms with Gasteiger partial charge in [0, 0.05) is 30.1 Å². The van der Waals surface area contributed by atoms with Gasteiger partial charge in [-0.05, 0) is 29.8 Å². The molecule has 3 aliphatic heterocycles. The number of fused-ring (bicyclic) bond motifs is 5. The van der Waals surface area contributed by atoms with Gasteiger partial charge < -0.3 is 19.1 Å². The highest BCUT2D eigenvalue weighted by Crippen LogP contribution is 2.54. The number of hydrogen-bond donors (Lipinski definition) is 0. The first-order chi connectivity index (χ1) is 14.2. The van der Waals surface area contributed by atoms with Crippen LogP contribution in [0.1, 0.15) is 16.8 Å². The highest BCUT2D eigenvalue weighted by Gasteiger charge is 2.50. The number of rotatable bonds is 2. The van der Waals surface area contributed by atoms with Crippen LogP contribution in [0.5, 0.6) is 17.2 Å². The molecule has 0 N–H and O–H groups in total. The molecule has 0 amide bonds. The Kier molecular flexibility index (Phi) is 3.51. The number of benzene rings is 2. The number of nitrogens with zero attached hydrogens (tertiary/aromatic N) is 2. The van der Waals surface area contributed by atoms with Crippen LogP contribution in [-0.2, 0) is 12.0 Å². The molecule has 0 saturated carbocycles. The van der Waals surface area contributed by atoms with Crippen LogP contribution in [-0.4, -0.2) is 31.3 Å². The lowest BCUT2D eigenvalue weighted by molar-refractivity contribution is 0.171. The summed E-state index contributed by atoms with van der Waals surface area (Å²) in [7, 11) is 0. The molecule has 6 rings (SSSR count). The van der Waals surface area contributed by atoms with Crippen molar-refractivity contribution < 1.29 is 18.6 Å². The Morgan fingerprint density at radius 2 is 1.76 bits per heavy atom. The first-order valence-electron chi connectivity index (χ1n) is 9.75. The van der Waals surface area contributed by atoms with Gasteiger partial charge in [-0.25, -0.2) is 4.39 Å². The van der Waals surface area contributed by atoms with Crippen molar-refractivity contribution in [2.75, 3.05) is 31.3 Å². The molecule has 0 radical (unpaired) electrons. The summed E-state index contributed by atoms with van der Waals surface area (Å²) in [6.07, 6.45) is 1.63. The normalized spacial score (nSPS) is 21.1. The average Bonchev–Trinajstić information content (AvgIpc) is 3.27. The lowest BCUT2D eigenvalue weighted by Gasteiger charge is -2.26. The van der Waals surface area contributed by atoms with Crippen molar-refractivity contribution in [3.63, 3.8) is 0 Å². The molecule has 0 bridgehead atoms. The average molecular weight is 390 g/mol. The largest absolute Gasteiger partial charge is 0.492 e. The molecule has 6 heteroatoms. The van der Waals surface area contributed by atoms with E-state index in [9.17, 15) is 4.39 Å². The van der Waals surface area contributed by atoms with Gasteiger partial charge >= 0.3 is 0 Å². The third-order valence-corrected chi connectivity index (χ3v) is 6.03. The smallest absolute Gasteiger partial charge is 0.165 e. The van der Waals surface area contributed by atoms with Gasteiger partial charge in [0.15, 0.2) is 11.5 Å². The van der Waals surface area contributed by atoms with Crippen molar-refractivity contribution in [2.24, 2.45) is 0 Å². The van der Waals surface area contributed by atoms with Crippen molar-refractivity contribution >= 4 is 5.69 Å². The van der Waals surface area contributed by atoms with Gasteiger partial charge in [0.2, 0.25) is 0 Å². The molecule has 4 heterocycles. The van der Waals surface area contributed by atoms with Gasteiger partial charge in [0.25, 0.3) is 0 Å². The summed E-state index contributed by atoms with van der Waals surface area (Å²) in [4.78, 5) is 6.44. The molecule has 3 aromatic rings. The topological polar surface area (TPSA) is 43.8 Å². The van der Waals surface area contributed by atoms with Crippen LogP contribution in [0.4, 0.5) is 10.1 Å². The van der Waals surface area contributed by atoms with Crippen LogP contribution in [0.3, 0.4) is 0 Å². The Morgan fingerprint density at radius 3 is 2.62 bits per heavy atom. The van der Waals surface area contributed by atoms with E-state index in [0.29, 0.717) is 38.6 Å². The third kappa shape index (κ3) is 2.41. The second-order valence-electron chi connectivity index (χ2n) is 7.67. The fraction of sp³-hybridized carbons (Fsp3) is 0.261. The fourth-order valence-corrected chi connectivity index (χ4v) is 4.70. The Labute approximate surface area is 167 Å². The van der Waals surface area contributed by atoms with Crippen LogP contribution in [0.15, 0.2) is 54.7 Å². The molecule has 146 valence electrons. The summed E-state index contributed by atoms with van der Waals surface area (Å²) in [6.45, 7) is 2.72. The van der Waals surface area contributed by atoms with E-state index >= 15 is 0 Å². The standard InChI is InChI=1S/C23H19FN2O3/c24-17-5-3-7-25-18(17)12-26-13-23(15-4-1-2-6-19(15)26)14-29-20-11-22-21(10-16(20)23)27-8-9-28-22/h1-7,10-11H,8-9,12-14H2/t23-/m0/s1. The summed E-state index contributed by atoms with van der Waals surface area (Å²) in [5.41, 5.74) is 3.49. The van der Waals surface area contributed by atoms with E-state index in [1.54, 1.807) is 12.3 Å². The minimum Gasteiger partial charge on any atom is -0.492 e. The zero-order valence-corrected chi connectivity index (χ0v) is 15.7. The molecule has 0 aliphatic carbocycles. The number of ether oxygens (including phenoxy) is 3. The lowest BCUT2D eigenvalue weighted by atomic mass is 9.77. The van der Waals surface area contributed by atoms with E-state index in [1.165, 1.54) is 11.6 Å². The number of pyridine rings is 1. The van der Waals surface area contributed by atoms with Crippen LogP contribution < -0.4 is 19.1 Å². The first kappa shape index (κ1) is 16.7. The van der Waals surface area contributed by atoms with Crippen molar-refractivity contribution in [3.05, 3.63) is 77.4 Å². The Morgan fingerprint density at radius 1 is 0.931 bits per heavy atom. The number of aromatic nitrogens is 1. The second kappa shape index (κ2) is 6.11. The first-order valence-corrected chi connectivity index (χ1v) is 9.75. The zero-order chi connectivity index (χ0) is 19.4. The van der Waals surface area contributed by atoms with Crippen molar-refractivity contribution in [2.45, 2.75) is 12.0 Å². The van der Waals surface area contributed by atoms with E-state index < -0.39 is 0 Å². The quantitative estimate of drug-likeness (QED) is 0.668. The molecule has 1 aromatic heterocycles. The monoisotopic (exact) mass is 390 g/mol. The predicted octanol–water partition coefficient (Wildman–Crippen LogP) is 3.69. The van der Waals surface area contributed by atoms with Crippen LogP contribution >= 0.6 is 0 Å². The van der Waals surface area contributed by atoms with Gasteiger partial charge in [0.1, 0.15) is 31.4 Å². The molecule has 1 atom stereocenters. The van der Waals surface area contributed by atoms with Gasteiger partial charge in [-0.2, -0.15) is 0 Å². The Hall–Kier alpha value is -3.28. The molecule has 2 aromatic carbocycles. The molecule has 0 fully saturated rings. The molecule has 1 spiro atoms. The van der Waals surface area contributed by atoms with Crippen LogP contribution in [0.25, 0.3) is 0 Å². The summed E-state index contributed by atoms with van der Waals surface area (Å²) >= 11 is 0. The predicted molar refractivity (Wildman–Crippen MR) is 105 cm³/mol. The number of anilines is 1. The Balaban J connectivity index is 1.45. The minimum absolute atomic E-state index is 0.284. The van der Waals surface area contributed by atoms with E-state index in [1.807, 2.05) is 18.2 Å². The van der Waals surface area contributed by atoms with Crippen molar-refractivity contribution in [3.8, 4) is 17.2 Å². The second-order valence-corrected chi connectivity index (χ2v) is 7.67. The SMILES string of the molecule is Fc1cccnc1CN1C[C@]2(COc3cc4c(cc32)OCCO4)c2ccccc21. The molecular formula is C23H19FN2O3. The van der Waals surface area contributed by atoms with E-state index in [4.69, 9.17) is 14.2 Å². The van der Waals surface area contributed by atoms with E-state index in [2.05, 4.69) is 28.1 Å². The maximum atomic E-state index is 14.3. The van der Waals surface area contributed by atoms with Crippen molar-refractivity contribution in [1.29, 1.82) is 0 Å². The minimum atomic E-state index is -0.326. The fourth-order valence-electron chi connectivity index (χ4n) is 4.70. The molecular weight excluding hydrogens is 371 g/mol. The number of para-hydroxylation sites is 1. The molecule has 0 saturated heterocycles. The summed E-state index contributed by atoms with van der Waals surface area (Å²) in [6, 6.07) is 15.3. The summed E-state index contributed by atoms with van der Waals surface area (Å²) in [5.74, 6) is 2.03. The third-order valence-electron chi connectivity index (χ3n) is 6.03. The summed E-state index contributed by atoms with van der Waals surface area (Å²) in [5, 5.41) is 0.